The normalized spacial score (nSPS) is 12.1. The SMILES string of the molecule is CCn1ncc(CN(C)C(=O)c2cc3c(C(F)(F)F)nn(C)c3s2)c1C. The van der Waals surface area contributed by atoms with Gasteiger partial charge < -0.3 is 4.90 Å². The summed E-state index contributed by atoms with van der Waals surface area (Å²) in [5.41, 5.74) is 0.904. The van der Waals surface area contributed by atoms with E-state index >= 15 is 0 Å². The van der Waals surface area contributed by atoms with Gasteiger partial charge in [0, 0.05) is 43.8 Å². The molecular weight excluding hydrogens is 367 g/mol. The predicted octanol–water partition coefficient (Wildman–Crippen LogP) is 3.45. The molecule has 0 aliphatic rings. The summed E-state index contributed by atoms with van der Waals surface area (Å²) in [5.74, 6) is -0.331. The summed E-state index contributed by atoms with van der Waals surface area (Å²) in [6, 6.07) is 1.27. The highest BCUT2D eigenvalue weighted by molar-refractivity contribution is 7.20. The first-order valence-corrected chi connectivity index (χ1v) is 8.75. The van der Waals surface area contributed by atoms with Crippen molar-refractivity contribution in [2.75, 3.05) is 7.05 Å². The lowest BCUT2D eigenvalue weighted by Crippen LogP contribution is -2.25. The van der Waals surface area contributed by atoms with Gasteiger partial charge in [0.1, 0.15) is 4.83 Å². The predicted molar refractivity (Wildman–Crippen MR) is 92.0 cm³/mol. The number of aryl methyl sites for hydroxylation is 2. The minimum absolute atomic E-state index is 0.0447. The van der Waals surface area contributed by atoms with E-state index in [4.69, 9.17) is 0 Å². The molecule has 0 saturated carbocycles. The summed E-state index contributed by atoms with van der Waals surface area (Å²) in [5, 5.41) is 7.72. The Hall–Kier alpha value is -2.36. The number of hydrogen-bond donors (Lipinski definition) is 0. The fourth-order valence-corrected chi connectivity index (χ4v) is 3.90. The Labute approximate surface area is 151 Å². The molecule has 0 aliphatic heterocycles. The number of alkyl halides is 3. The Bertz CT molecular complexity index is 969. The zero-order chi connectivity index (χ0) is 19.2. The van der Waals surface area contributed by atoms with Crippen molar-refractivity contribution < 1.29 is 18.0 Å². The van der Waals surface area contributed by atoms with Crippen molar-refractivity contribution in [2.24, 2.45) is 7.05 Å². The van der Waals surface area contributed by atoms with Crippen molar-refractivity contribution >= 4 is 27.5 Å². The average Bonchev–Trinajstić information content (AvgIpc) is 3.22. The minimum atomic E-state index is -4.56. The van der Waals surface area contributed by atoms with E-state index in [-0.39, 0.29) is 16.2 Å². The van der Waals surface area contributed by atoms with Crippen LogP contribution >= 0.6 is 11.3 Å². The molecule has 26 heavy (non-hydrogen) atoms. The molecule has 6 nitrogen and oxygen atoms in total. The molecule has 140 valence electrons. The molecule has 0 bridgehead atoms. The lowest BCUT2D eigenvalue weighted by molar-refractivity contribution is -0.140. The first-order chi connectivity index (χ1) is 12.1. The van der Waals surface area contributed by atoms with Gasteiger partial charge in [0.25, 0.3) is 5.91 Å². The Balaban J connectivity index is 1.88. The molecule has 0 spiro atoms. The zero-order valence-electron chi connectivity index (χ0n) is 14.8. The number of carbonyl (C=O) groups is 1. The highest BCUT2D eigenvalue weighted by Crippen LogP contribution is 2.37. The molecular formula is C16H18F3N5OS. The van der Waals surface area contributed by atoms with Gasteiger partial charge in [0.05, 0.1) is 11.1 Å². The second-order valence-electron chi connectivity index (χ2n) is 6.03. The van der Waals surface area contributed by atoms with Gasteiger partial charge in [-0.2, -0.15) is 23.4 Å². The number of rotatable bonds is 4. The molecule has 0 atom stereocenters. The third kappa shape index (κ3) is 3.09. The summed E-state index contributed by atoms with van der Waals surface area (Å²) < 4.78 is 42.3. The molecule has 0 N–H and O–H groups in total. The number of aromatic nitrogens is 4. The van der Waals surface area contributed by atoms with Gasteiger partial charge in [-0.25, -0.2) is 0 Å². The van der Waals surface area contributed by atoms with E-state index in [0.29, 0.717) is 11.4 Å². The molecule has 3 heterocycles. The highest BCUT2D eigenvalue weighted by atomic mass is 32.1. The van der Waals surface area contributed by atoms with Gasteiger partial charge in [0.2, 0.25) is 0 Å². The fraction of sp³-hybridized carbons (Fsp3) is 0.438. The van der Waals surface area contributed by atoms with E-state index in [2.05, 4.69) is 10.2 Å². The molecule has 1 amide bonds. The van der Waals surface area contributed by atoms with Gasteiger partial charge >= 0.3 is 6.18 Å². The maximum absolute atomic E-state index is 13.1. The lowest BCUT2D eigenvalue weighted by atomic mass is 10.2. The third-order valence-corrected chi connectivity index (χ3v) is 5.44. The summed E-state index contributed by atoms with van der Waals surface area (Å²) >= 11 is 1.01. The third-order valence-electron chi connectivity index (χ3n) is 4.25. The number of amides is 1. The van der Waals surface area contributed by atoms with Crippen LogP contribution in [-0.2, 0) is 26.3 Å². The Morgan fingerprint density at radius 2 is 2.08 bits per heavy atom. The van der Waals surface area contributed by atoms with E-state index in [1.165, 1.54) is 18.0 Å². The van der Waals surface area contributed by atoms with Crippen molar-refractivity contribution in [3.05, 3.63) is 34.1 Å². The van der Waals surface area contributed by atoms with Gasteiger partial charge in [-0.1, -0.05) is 0 Å². The molecule has 0 aliphatic carbocycles. The van der Waals surface area contributed by atoms with Crippen LogP contribution in [0.4, 0.5) is 13.2 Å². The van der Waals surface area contributed by atoms with Gasteiger partial charge in [0.15, 0.2) is 5.69 Å². The number of hydrogen-bond acceptors (Lipinski definition) is 4. The number of nitrogens with zero attached hydrogens (tertiary/aromatic N) is 5. The van der Waals surface area contributed by atoms with Crippen molar-refractivity contribution in [3.8, 4) is 0 Å². The highest BCUT2D eigenvalue weighted by Gasteiger charge is 2.37. The van der Waals surface area contributed by atoms with Crippen LogP contribution in [0.15, 0.2) is 12.3 Å². The van der Waals surface area contributed by atoms with Crippen LogP contribution in [0.1, 0.15) is 33.5 Å². The molecule has 0 aromatic carbocycles. The molecule has 0 fully saturated rings. The molecule has 0 radical (unpaired) electrons. The monoisotopic (exact) mass is 385 g/mol. The van der Waals surface area contributed by atoms with Crippen LogP contribution in [0.3, 0.4) is 0 Å². The van der Waals surface area contributed by atoms with Crippen molar-refractivity contribution in [2.45, 2.75) is 33.1 Å². The van der Waals surface area contributed by atoms with Gasteiger partial charge in [-0.3, -0.25) is 14.2 Å². The molecule has 0 unspecified atom stereocenters. The van der Waals surface area contributed by atoms with Crippen LogP contribution in [0.5, 0.6) is 0 Å². The maximum Gasteiger partial charge on any atom is 0.435 e. The van der Waals surface area contributed by atoms with Crippen LogP contribution < -0.4 is 0 Å². The number of carbonyl (C=O) groups excluding carboxylic acids is 1. The zero-order valence-corrected chi connectivity index (χ0v) is 15.6. The molecule has 3 rings (SSSR count). The molecule has 3 aromatic rings. The minimum Gasteiger partial charge on any atom is -0.337 e. The van der Waals surface area contributed by atoms with Crippen LogP contribution in [-0.4, -0.2) is 37.4 Å². The van der Waals surface area contributed by atoms with Gasteiger partial charge in [-0.15, -0.1) is 11.3 Å². The number of halogens is 3. The van der Waals surface area contributed by atoms with Gasteiger partial charge in [-0.05, 0) is 19.9 Å². The Morgan fingerprint density at radius 1 is 1.38 bits per heavy atom. The summed E-state index contributed by atoms with van der Waals surface area (Å²) in [7, 11) is 3.06. The topological polar surface area (TPSA) is 56.0 Å². The van der Waals surface area contributed by atoms with Crippen LogP contribution in [0, 0.1) is 6.92 Å². The summed E-state index contributed by atoms with van der Waals surface area (Å²) in [6.07, 6.45) is -2.85. The van der Waals surface area contributed by atoms with Crippen LogP contribution in [0.2, 0.25) is 0 Å². The van der Waals surface area contributed by atoms with Crippen molar-refractivity contribution in [1.29, 1.82) is 0 Å². The van der Waals surface area contributed by atoms with Crippen molar-refractivity contribution in [1.82, 2.24) is 24.5 Å². The quantitative estimate of drug-likeness (QED) is 0.691. The summed E-state index contributed by atoms with van der Waals surface area (Å²) in [6.45, 7) is 4.96. The van der Waals surface area contributed by atoms with E-state index in [1.54, 1.807) is 13.2 Å². The van der Waals surface area contributed by atoms with Crippen molar-refractivity contribution in [3.63, 3.8) is 0 Å². The molecule has 10 heteroatoms. The van der Waals surface area contributed by atoms with E-state index < -0.39 is 11.9 Å². The average molecular weight is 385 g/mol. The van der Waals surface area contributed by atoms with E-state index in [0.717, 1.165) is 33.8 Å². The Morgan fingerprint density at radius 3 is 2.65 bits per heavy atom. The second-order valence-corrected chi connectivity index (χ2v) is 7.06. The lowest BCUT2D eigenvalue weighted by Gasteiger charge is -2.16. The molecule has 3 aromatic heterocycles. The van der Waals surface area contributed by atoms with E-state index in [9.17, 15) is 18.0 Å². The smallest absolute Gasteiger partial charge is 0.337 e. The second kappa shape index (κ2) is 6.42. The largest absolute Gasteiger partial charge is 0.435 e. The fourth-order valence-electron chi connectivity index (χ4n) is 2.83. The number of thiophene rings is 1. The summed E-state index contributed by atoms with van der Waals surface area (Å²) in [4.78, 5) is 14.7. The maximum atomic E-state index is 13.1. The number of fused-ring (bicyclic) bond motifs is 1. The first-order valence-electron chi connectivity index (χ1n) is 7.94. The van der Waals surface area contributed by atoms with E-state index in [1.807, 2.05) is 18.5 Å². The Kier molecular flexibility index (Phi) is 4.55. The van der Waals surface area contributed by atoms with Crippen LogP contribution in [0.25, 0.3) is 10.2 Å². The first kappa shape index (κ1) is 18.4. The standard InChI is InChI=1S/C16H18F3N5OS/c1-5-24-9(2)10(7-20-24)8-22(3)14(25)12-6-11-13(16(17,18)19)21-23(4)15(11)26-12/h6-7H,5,8H2,1-4H3. The molecule has 0 saturated heterocycles.